The highest BCUT2D eigenvalue weighted by atomic mass is 79.9. The Morgan fingerprint density at radius 3 is 3.10 bits per heavy atom. The molecule has 0 saturated carbocycles. The Kier molecular flexibility index (Phi) is 2.82. The first-order chi connectivity index (χ1) is 9.72. The van der Waals surface area contributed by atoms with E-state index in [0.717, 1.165) is 40.0 Å². The van der Waals surface area contributed by atoms with Gasteiger partial charge in [-0.05, 0) is 40.5 Å². The minimum Gasteiger partial charge on any atom is -0.473 e. The highest BCUT2D eigenvalue weighted by Gasteiger charge is 2.32. The summed E-state index contributed by atoms with van der Waals surface area (Å²) in [5.41, 5.74) is 2.90. The van der Waals surface area contributed by atoms with Gasteiger partial charge in [0.05, 0.1) is 24.8 Å². The van der Waals surface area contributed by atoms with Crippen LogP contribution < -0.4 is 9.64 Å². The van der Waals surface area contributed by atoms with Crippen molar-refractivity contribution in [1.29, 1.82) is 0 Å². The Labute approximate surface area is 125 Å². The van der Waals surface area contributed by atoms with Gasteiger partial charge in [0, 0.05) is 11.0 Å². The molecule has 0 spiro atoms. The number of fused-ring (bicyclic) bond motifs is 4. The van der Waals surface area contributed by atoms with Crippen molar-refractivity contribution in [1.82, 2.24) is 9.97 Å². The summed E-state index contributed by atoms with van der Waals surface area (Å²) in [6, 6.07) is 4.34. The first kappa shape index (κ1) is 12.3. The maximum Gasteiger partial charge on any atom is 0.258 e. The minimum absolute atomic E-state index is 0.247. The number of benzene rings is 1. The molecule has 0 amide bonds. The minimum atomic E-state index is 0.247. The van der Waals surface area contributed by atoms with E-state index >= 15 is 0 Å². The van der Waals surface area contributed by atoms with Gasteiger partial charge in [-0.1, -0.05) is 0 Å². The molecule has 3 heterocycles. The predicted octanol–water partition coefficient (Wildman–Crippen LogP) is 2.30. The van der Waals surface area contributed by atoms with Crippen molar-refractivity contribution in [2.75, 3.05) is 31.3 Å². The molecular formula is C14H14BrN3O2. The number of aromatic nitrogens is 2. The number of anilines is 1. The van der Waals surface area contributed by atoms with Crippen LogP contribution in [0.5, 0.6) is 5.88 Å². The van der Waals surface area contributed by atoms with Crippen molar-refractivity contribution in [2.24, 2.45) is 0 Å². The largest absolute Gasteiger partial charge is 0.473 e. The Morgan fingerprint density at radius 2 is 2.20 bits per heavy atom. The predicted molar refractivity (Wildman–Crippen MR) is 79.4 cm³/mol. The van der Waals surface area contributed by atoms with E-state index in [9.17, 15) is 0 Å². The zero-order valence-electron chi connectivity index (χ0n) is 11.1. The quantitative estimate of drug-likeness (QED) is 0.739. The Bertz CT molecular complexity index is 692. The number of hydrogen-bond acceptors (Lipinski definition) is 5. The molecule has 0 bridgehead atoms. The number of nitrogens with zero attached hydrogens (tertiary/aromatic N) is 3. The average molecular weight is 336 g/mol. The van der Waals surface area contributed by atoms with Gasteiger partial charge in [-0.2, -0.15) is 0 Å². The lowest BCUT2D eigenvalue weighted by molar-refractivity contribution is 0.0686. The third-order valence-electron chi connectivity index (χ3n) is 3.73. The van der Waals surface area contributed by atoms with Gasteiger partial charge in [-0.3, -0.25) is 0 Å². The number of halogens is 1. The molecule has 1 fully saturated rings. The normalized spacial score (nSPS) is 21.3. The van der Waals surface area contributed by atoms with Crippen LogP contribution in [0.3, 0.4) is 0 Å². The number of aryl methyl sites for hydroxylation is 1. The molecule has 6 heteroatoms. The number of hydrogen-bond donors (Lipinski definition) is 0. The highest BCUT2D eigenvalue weighted by Crippen LogP contribution is 2.35. The second-order valence-electron chi connectivity index (χ2n) is 5.20. The van der Waals surface area contributed by atoms with Crippen LogP contribution in [0.2, 0.25) is 0 Å². The molecular weight excluding hydrogens is 322 g/mol. The molecule has 5 nitrogen and oxygen atoms in total. The molecule has 0 unspecified atom stereocenters. The van der Waals surface area contributed by atoms with Crippen LogP contribution in [0.4, 0.5) is 5.82 Å². The highest BCUT2D eigenvalue weighted by molar-refractivity contribution is 9.10. The van der Waals surface area contributed by atoms with Crippen molar-refractivity contribution in [3.8, 4) is 5.88 Å². The number of morpholine rings is 1. The van der Waals surface area contributed by atoms with Crippen molar-refractivity contribution in [3.05, 3.63) is 22.2 Å². The van der Waals surface area contributed by atoms with E-state index in [2.05, 4.69) is 38.8 Å². The molecule has 1 aromatic heterocycles. The Hall–Kier alpha value is -1.40. The first-order valence-corrected chi connectivity index (χ1v) is 7.47. The molecule has 1 aromatic carbocycles. The van der Waals surface area contributed by atoms with Crippen LogP contribution in [0.1, 0.15) is 5.56 Å². The van der Waals surface area contributed by atoms with Gasteiger partial charge in [0.15, 0.2) is 5.82 Å². The van der Waals surface area contributed by atoms with Crippen LogP contribution in [0.25, 0.3) is 11.0 Å². The van der Waals surface area contributed by atoms with E-state index in [1.54, 1.807) is 0 Å². The smallest absolute Gasteiger partial charge is 0.258 e. The van der Waals surface area contributed by atoms with E-state index in [0.29, 0.717) is 19.1 Å². The van der Waals surface area contributed by atoms with Crippen molar-refractivity contribution >= 4 is 32.8 Å². The fourth-order valence-corrected chi connectivity index (χ4v) is 3.41. The van der Waals surface area contributed by atoms with E-state index in [-0.39, 0.29) is 6.04 Å². The summed E-state index contributed by atoms with van der Waals surface area (Å²) in [5, 5.41) is 0. The van der Waals surface area contributed by atoms with E-state index in [4.69, 9.17) is 14.5 Å². The summed E-state index contributed by atoms with van der Waals surface area (Å²) >= 11 is 3.55. The lowest BCUT2D eigenvalue weighted by atomic mass is 10.2. The summed E-state index contributed by atoms with van der Waals surface area (Å²) < 4.78 is 12.2. The summed E-state index contributed by atoms with van der Waals surface area (Å²) in [4.78, 5) is 11.7. The van der Waals surface area contributed by atoms with Gasteiger partial charge in [-0.15, -0.1) is 0 Å². The number of ether oxygens (including phenoxy) is 2. The molecule has 20 heavy (non-hydrogen) atoms. The standard InChI is InChI=1S/C14H14BrN3O2/c1-8-4-10(15)12-11(5-8)16-13-14(17-12)20-7-9-6-19-3-2-18(9)13/h4-5,9H,2-3,6-7H2,1H3/t9-/m0/s1. The van der Waals surface area contributed by atoms with Gasteiger partial charge in [0.2, 0.25) is 0 Å². The molecule has 0 aliphatic carbocycles. The molecule has 2 aliphatic heterocycles. The number of rotatable bonds is 0. The summed E-state index contributed by atoms with van der Waals surface area (Å²) in [6.07, 6.45) is 0. The van der Waals surface area contributed by atoms with E-state index in [1.807, 2.05) is 6.07 Å². The summed E-state index contributed by atoms with van der Waals surface area (Å²) in [6.45, 7) is 4.92. The molecule has 104 valence electrons. The molecule has 1 saturated heterocycles. The van der Waals surface area contributed by atoms with Crippen molar-refractivity contribution < 1.29 is 9.47 Å². The fourth-order valence-electron chi connectivity index (χ4n) is 2.76. The second kappa shape index (κ2) is 4.56. The second-order valence-corrected chi connectivity index (χ2v) is 6.05. The van der Waals surface area contributed by atoms with E-state index < -0.39 is 0 Å². The van der Waals surface area contributed by atoms with Gasteiger partial charge in [-0.25, -0.2) is 9.97 Å². The Morgan fingerprint density at radius 1 is 1.30 bits per heavy atom. The van der Waals surface area contributed by atoms with Crippen molar-refractivity contribution in [2.45, 2.75) is 13.0 Å². The third-order valence-corrected chi connectivity index (χ3v) is 4.34. The molecule has 0 N–H and O–H groups in total. The fraction of sp³-hybridized carbons (Fsp3) is 0.429. The van der Waals surface area contributed by atoms with Gasteiger partial charge in [0.25, 0.3) is 5.88 Å². The van der Waals surface area contributed by atoms with Crippen LogP contribution in [0, 0.1) is 6.92 Å². The third kappa shape index (κ3) is 1.86. The lowest BCUT2D eigenvalue weighted by Gasteiger charge is -2.39. The maximum absolute atomic E-state index is 5.77. The molecule has 1 atom stereocenters. The van der Waals surface area contributed by atoms with Crippen LogP contribution >= 0.6 is 15.9 Å². The lowest BCUT2D eigenvalue weighted by Crippen LogP contribution is -2.51. The van der Waals surface area contributed by atoms with Crippen LogP contribution in [-0.4, -0.2) is 42.4 Å². The SMILES string of the molecule is Cc1cc(Br)c2nc3c(nc2c1)N1CCOC[C@H]1CO3. The molecule has 2 aliphatic rings. The Balaban J connectivity index is 1.91. The molecule has 2 aromatic rings. The van der Waals surface area contributed by atoms with Crippen LogP contribution in [-0.2, 0) is 4.74 Å². The van der Waals surface area contributed by atoms with Gasteiger partial charge in [0.1, 0.15) is 12.1 Å². The summed E-state index contributed by atoms with van der Waals surface area (Å²) in [7, 11) is 0. The van der Waals surface area contributed by atoms with Crippen molar-refractivity contribution in [3.63, 3.8) is 0 Å². The average Bonchev–Trinajstić information content (AvgIpc) is 2.45. The maximum atomic E-state index is 5.77. The van der Waals surface area contributed by atoms with Gasteiger partial charge < -0.3 is 14.4 Å². The molecule has 0 radical (unpaired) electrons. The molecule has 4 rings (SSSR count). The zero-order chi connectivity index (χ0) is 13.7. The topological polar surface area (TPSA) is 47.5 Å². The van der Waals surface area contributed by atoms with Crippen LogP contribution in [0.15, 0.2) is 16.6 Å². The first-order valence-electron chi connectivity index (χ1n) is 6.67. The zero-order valence-corrected chi connectivity index (χ0v) is 12.7. The van der Waals surface area contributed by atoms with Gasteiger partial charge >= 0.3 is 0 Å². The van der Waals surface area contributed by atoms with E-state index in [1.165, 1.54) is 0 Å². The summed E-state index contributed by atoms with van der Waals surface area (Å²) in [5.74, 6) is 1.47. The monoisotopic (exact) mass is 335 g/mol.